The number of halogens is 6. The number of furan rings is 1. The molecule has 11 aromatic rings. The van der Waals surface area contributed by atoms with E-state index >= 15 is 0 Å². The lowest BCUT2D eigenvalue weighted by atomic mass is 10.2. The Morgan fingerprint density at radius 1 is 0.364 bits per heavy atom. The predicted octanol–water partition coefficient (Wildman–Crippen LogP) is 12.3. The third-order valence-corrected chi connectivity index (χ3v) is 23.7. The predicted molar refractivity (Wildman–Crippen MR) is 382 cm³/mol. The summed E-state index contributed by atoms with van der Waals surface area (Å²) in [6.07, 6.45) is 1.31. The van der Waals surface area contributed by atoms with Crippen molar-refractivity contribution in [3.8, 4) is 0 Å². The number of rotatable bonds is 22. The summed E-state index contributed by atoms with van der Waals surface area (Å²) in [4.78, 5) is 31.1. The van der Waals surface area contributed by atoms with E-state index in [2.05, 4.69) is 19.5 Å². The smallest absolute Gasteiger partial charge is 0.291 e. The molecule has 558 valence electrons. The number of nitro groups is 2. The molecule has 0 fully saturated rings. The van der Waals surface area contributed by atoms with Crippen LogP contribution in [0.15, 0.2) is 271 Å². The number of hydrogen-bond acceptors (Lipinski definition) is 21. The van der Waals surface area contributed by atoms with Crippen LogP contribution in [-0.2, 0) is 76.8 Å². The van der Waals surface area contributed by atoms with Gasteiger partial charge in [0.15, 0.2) is 35.3 Å². The largest absolute Gasteiger partial charge is 0.459 e. The first-order valence-electron chi connectivity index (χ1n) is 29.9. The lowest BCUT2D eigenvalue weighted by Crippen LogP contribution is -2.16. The molecule has 11 rings (SSSR count). The molecule has 0 aliphatic heterocycles. The van der Waals surface area contributed by atoms with Crippen molar-refractivity contribution in [3.05, 3.63) is 314 Å². The van der Waals surface area contributed by atoms with Crippen molar-refractivity contribution in [3.63, 3.8) is 0 Å². The first-order chi connectivity index (χ1) is 50.2. The molecule has 0 bridgehead atoms. The van der Waals surface area contributed by atoms with Crippen molar-refractivity contribution >= 4 is 117 Å². The van der Waals surface area contributed by atoms with Gasteiger partial charge in [0, 0.05) is 35.6 Å². The lowest BCUT2D eigenvalue weighted by molar-refractivity contribution is -0.385. The van der Waals surface area contributed by atoms with E-state index < -0.39 is 133 Å². The fourth-order valence-corrected chi connectivity index (χ4v) is 16.6. The van der Waals surface area contributed by atoms with E-state index in [1.54, 1.807) is 0 Å². The highest BCUT2D eigenvalue weighted by Crippen LogP contribution is 2.33. The number of benzene rings is 10. The van der Waals surface area contributed by atoms with E-state index in [1.165, 1.54) is 73.0 Å². The summed E-state index contributed by atoms with van der Waals surface area (Å²) in [5.74, 6) is -6.35. The normalized spacial score (nSPS) is 11.6. The van der Waals surface area contributed by atoms with Crippen molar-refractivity contribution < 1.29 is 95.9 Å². The summed E-state index contributed by atoms with van der Waals surface area (Å²) in [7, 11) is -24.6. The number of non-ortho nitro benzene ring substituents is 2. The number of sulfone groups is 3. The van der Waals surface area contributed by atoms with Crippen LogP contribution in [0.2, 0.25) is 0 Å². The van der Waals surface area contributed by atoms with Gasteiger partial charge in [-0.25, -0.2) is 76.8 Å². The van der Waals surface area contributed by atoms with Crippen molar-refractivity contribution in [2.45, 2.75) is 46.6 Å². The third-order valence-electron chi connectivity index (χ3n) is 14.5. The second kappa shape index (κ2) is 33.7. The van der Waals surface area contributed by atoms with Crippen LogP contribution in [0.1, 0.15) is 27.2 Å². The summed E-state index contributed by atoms with van der Waals surface area (Å²) >= 11 is 0. The van der Waals surface area contributed by atoms with Crippen molar-refractivity contribution in [2.75, 3.05) is 36.7 Å². The second-order valence-corrected chi connectivity index (χ2v) is 33.2. The number of hydrogen-bond donors (Lipinski definition) is 7. The highest BCUT2D eigenvalue weighted by atomic mass is 32.2. The van der Waals surface area contributed by atoms with Crippen LogP contribution >= 0.6 is 0 Å². The Balaban J connectivity index is 0.000000189. The van der Waals surface area contributed by atoms with Gasteiger partial charge in [-0.2, -0.15) is 0 Å². The van der Waals surface area contributed by atoms with Gasteiger partial charge >= 0.3 is 0 Å². The number of nitrogen functional groups attached to an aromatic ring is 3. The van der Waals surface area contributed by atoms with Gasteiger partial charge in [-0.3, -0.25) is 39.2 Å². The maximum atomic E-state index is 13.3. The van der Waals surface area contributed by atoms with Crippen LogP contribution in [0.3, 0.4) is 0 Å². The number of nitrogens with zero attached hydrogens (tertiary/aromatic N) is 2. The summed E-state index contributed by atoms with van der Waals surface area (Å²) < 4.78 is 244. The highest BCUT2D eigenvalue weighted by molar-refractivity contribution is 7.93. The van der Waals surface area contributed by atoms with Crippen LogP contribution < -0.4 is 36.7 Å². The van der Waals surface area contributed by atoms with Crippen LogP contribution in [0.5, 0.6) is 0 Å². The quantitative estimate of drug-likeness (QED) is 0.0109. The maximum absolute atomic E-state index is 13.3. The average molecular weight is 1590 g/mol. The minimum atomic E-state index is -4.24. The second-order valence-electron chi connectivity index (χ2n) is 22.2. The van der Waals surface area contributed by atoms with E-state index in [0.29, 0.717) is 5.69 Å². The molecule has 0 spiro atoms. The van der Waals surface area contributed by atoms with Gasteiger partial charge < -0.3 is 26.9 Å². The number of anilines is 7. The monoisotopic (exact) mass is 1590 g/mol. The fraction of sp³-hybridized carbons (Fsp3) is 0.0441. The van der Waals surface area contributed by atoms with Gasteiger partial charge in [-0.1, -0.05) is 0 Å². The van der Waals surface area contributed by atoms with Crippen molar-refractivity contribution in [1.29, 1.82) is 0 Å². The Morgan fingerprint density at radius 2 is 0.673 bits per heavy atom. The van der Waals surface area contributed by atoms with Crippen LogP contribution in [0, 0.1) is 55.1 Å². The molecular formula is C68H55F6N9O18S6. The average Bonchev–Trinajstić information content (AvgIpc) is 1.01. The SMILES string of the molecule is Nc1ccc(NS(=O)(=O)c2ccc(F)cc2)c(CS(=O)(=O)c2ccc(F)cc2)c1.Nc1ccc([N+](=O)[O-])cc1N.O=C(Nc1ccc(NS(=O)(=O)c2ccc(F)cc2)c(CS(=O)(=O)c2ccc(F)cc2)c1)c1ccco1.O=[N+]([O-])c1ccc(NS(=O)(=O)c2ccc(F)cc2)c(CS(=O)(=O)c2ccc(F)cc2)c1. The molecular weight excluding hydrogens is 1540 g/mol. The number of nitrogens with two attached hydrogens (primary N) is 3. The van der Waals surface area contributed by atoms with Crippen LogP contribution in [0.25, 0.3) is 0 Å². The number of carbonyl (C=O) groups excluding carboxylic acids is 1. The molecule has 1 amide bonds. The van der Waals surface area contributed by atoms with E-state index in [4.69, 9.17) is 21.6 Å². The molecule has 0 radical (unpaired) electrons. The lowest BCUT2D eigenvalue weighted by Gasteiger charge is -2.15. The van der Waals surface area contributed by atoms with Gasteiger partial charge in [0.2, 0.25) is 0 Å². The van der Waals surface area contributed by atoms with Gasteiger partial charge in [-0.15, -0.1) is 0 Å². The van der Waals surface area contributed by atoms with E-state index in [9.17, 15) is 102 Å². The maximum Gasteiger partial charge on any atom is 0.291 e. The molecule has 10 aromatic carbocycles. The Morgan fingerprint density at radius 3 is 1.01 bits per heavy atom. The molecule has 1 heterocycles. The van der Waals surface area contributed by atoms with E-state index in [-0.39, 0.29) is 91.6 Å². The Hall–Kier alpha value is -12.2. The zero-order chi connectivity index (χ0) is 78.4. The Bertz CT molecular complexity index is 5830. The third kappa shape index (κ3) is 22.2. The van der Waals surface area contributed by atoms with E-state index in [0.717, 1.165) is 164 Å². The number of sulfonamides is 3. The van der Waals surface area contributed by atoms with Crippen molar-refractivity contribution in [1.82, 2.24) is 0 Å². The molecule has 27 nitrogen and oxygen atoms in total. The van der Waals surface area contributed by atoms with Gasteiger partial charge in [0.05, 0.1) is 91.2 Å². The molecule has 0 saturated heterocycles. The zero-order valence-electron chi connectivity index (χ0n) is 54.3. The first-order valence-corrected chi connectivity index (χ1v) is 39.3. The fourth-order valence-electron chi connectivity index (χ4n) is 9.15. The zero-order valence-corrected chi connectivity index (χ0v) is 59.2. The van der Waals surface area contributed by atoms with Gasteiger partial charge in [-0.05, 0) is 223 Å². The minimum absolute atomic E-state index is 0.00209. The molecule has 1 aromatic heterocycles. The number of nitro benzene ring substituents is 2. The number of nitrogens with one attached hydrogen (secondary N) is 4. The summed E-state index contributed by atoms with van der Waals surface area (Å²) in [6, 6.07) is 42.5. The molecule has 0 atom stereocenters. The molecule has 0 aliphatic carbocycles. The molecule has 0 saturated carbocycles. The van der Waals surface area contributed by atoms with Crippen LogP contribution in [0.4, 0.5) is 77.5 Å². The summed E-state index contributed by atoms with van der Waals surface area (Å²) in [5.41, 5.74) is 16.5. The molecule has 0 unspecified atom stereocenters. The standard InChI is InChI=1S/C24H18F2N2O6S2.C19H14F2N2O6S2.C19H16F2N2O4S2.C6H7N3O2/c25-17-3-8-20(9-4-17)35(30,31)15-16-14-19(27-24(29)23-2-1-13-34-23)7-12-22(16)28-36(32,33)21-10-5-18(26)6-11-21;20-14-1-6-17(7-2-14)30(26,27)12-13-11-16(23(24)25)5-10-19(13)22-31(28,29)18-8-3-15(21)4-9-18;20-14-1-6-17(7-2-14)28(24,25)12-13-11-16(22)5-10-19(13)23-29(26,27)18-8-3-15(21)4-9-18;7-5-2-1-4(9(10)11)3-6(5)8/h1-14,28H,15H2,(H,27,29);1-11,22H,12H2;1-11,23H,12,22H2;1-3H,7-8H2. The van der Waals surface area contributed by atoms with E-state index in [1.807, 2.05) is 0 Å². The number of carbonyl (C=O) groups is 1. The topological polar surface area (TPSA) is 448 Å². The van der Waals surface area contributed by atoms with Gasteiger partial charge in [0.25, 0.3) is 47.4 Å². The van der Waals surface area contributed by atoms with Gasteiger partial charge in [0.1, 0.15) is 34.9 Å². The van der Waals surface area contributed by atoms with Crippen molar-refractivity contribution in [2.24, 2.45) is 0 Å². The summed E-state index contributed by atoms with van der Waals surface area (Å²) in [5, 5.41) is 23.8. The summed E-state index contributed by atoms with van der Waals surface area (Å²) in [6.45, 7) is 0. The Kier molecular flexibility index (Phi) is 25.4. The first kappa shape index (κ1) is 80.5. The molecule has 10 N–H and O–H groups in total. The number of amides is 1. The molecule has 39 heteroatoms. The molecule has 0 aliphatic rings. The minimum Gasteiger partial charge on any atom is -0.459 e. The van der Waals surface area contributed by atoms with Crippen LogP contribution in [-0.4, -0.2) is 66.3 Å². The highest BCUT2D eigenvalue weighted by Gasteiger charge is 2.27. The molecule has 107 heavy (non-hydrogen) atoms. The Labute approximate surface area is 606 Å².